The Morgan fingerprint density at radius 1 is 1.50 bits per heavy atom. The molecule has 1 aromatic rings. The fourth-order valence-corrected chi connectivity index (χ4v) is 1.66. The third kappa shape index (κ3) is 3.97. The van der Waals surface area contributed by atoms with Gasteiger partial charge in [0, 0.05) is 6.61 Å². The monoisotopic (exact) mass is 336 g/mol. The molecule has 0 heterocycles. The third-order valence-electron chi connectivity index (χ3n) is 1.87. The summed E-state index contributed by atoms with van der Waals surface area (Å²) in [7, 11) is 0. The largest absolute Gasteiger partial charge is 0.489 e. The van der Waals surface area contributed by atoms with Crippen LogP contribution in [0.25, 0.3) is 0 Å². The van der Waals surface area contributed by atoms with E-state index in [4.69, 9.17) is 14.6 Å². The zero-order chi connectivity index (χ0) is 12.0. The first kappa shape index (κ1) is 13.2. The lowest BCUT2D eigenvalue weighted by Crippen LogP contribution is -2.30. The minimum absolute atomic E-state index is 0.0171. The number of carboxylic acids is 1. The van der Waals surface area contributed by atoms with Crippen molar-refractivity contribution in [2.75, 3.05) is 13.2 Å². The molecule has 1 atom stereocenters. The maximum Gasteiger partial charge on any atom is 0.336 e. The van der Waals surface area contributed by atoms with E-state index in [0.717, 1.165) is 3.57 Å². The molecule has 0 saturated carbocycles. The number of carboxylic acid groups (broad SMARTS) is 1. The number of hydrogen-bond acceptors (Lipinski definition) is 3. The molecule has 88 valence electrons. The van der Waals surface area contributed by atoms with E-state index in [1.54, 1.807) is 13.0 Å². The molecule has 0 aromatic heterocycles. The van der Waals surface area contributed by atoms with Gasteiger partial charge in [0.05, 0.1) is 3.57 Å². The van der Waals surface area contributed by atoms with Crippen LogP contribution in [-0.2, 0) is 9.53 Å². The van der Waals surface area contributed by atoms with Gasteiger partial charge in [0.15, 0.2) is 6.10 Å². The van der Waals surface area contributed by atoms with Gasteiger partial charge < -0.3 is 14.6 Å². The van der Waals surface area contributed by atoms with Crippen LogP contribution >= 0.6 is 22.6 Å². The molecule has 16 heavy (non-hydrogen) atoms. The molecule has 0 spiro atoms. The SMILES string of the molecule is CCOC(COc1ccccc1I)C(=O)O. The highest BCUT2D eigenvalue weighted by Gasteiger charge is 2.18. The Morgan fingerprint density at radius 2 is 2.19 bits per heavy atom. The van der Waals surface area contributed by atoms with Crippen molar-refractivity contribution in [3.63, 3.8) is 0 Å². The summed E-state index contributed by atoms with van der Waals surface area (Å²) in [5.74, 6) is -0.332. The molecule has 1 unspecified atom stereocenters. The van der Waals surface area contributed by atoms with Gasteiger partial charge in [0.1, 0.15) is 12.4 Å². The number of halogens is 1. The second-order valence-corrected chi connectivity index (χ2v) is 4.19. The normalized spacial score (nSPS) is 12.1. The number of carbonyl (C=O) groups is 1. The second kappa shape index (κ2) is 6.70. The Bertz CT molecular complexity index is 354. The number of ether oxygens (including phenoxy) is 2. The first-order valence-corrected chi connectivity index (χ1v) is 5.94. The van der Waals surface area contributed by atoms with Crippen molar-refractivity contribution in [2.45, 2.75) is 13.0 Å². The molecular weight excluding hydrogens is 323 g/mol. The number of aliphatic carboxylic acids is 1. The highest BCUT2D eigenvalue weighted by molar-refractivity contribution is 14.1. The van der Waals surface area contributed by atoms with Gasteiger partial charge in [0.2, 0.25) is 0 Å². The van der Waals surface area contributed by atoms with Crippen LogP contribution in [0.4, 0.5) is 0 Å². The zero-order valence-electron chi connectivity index (χ0n) is 8.85. The van der Waals surface area contributed by atoms with Crippen LogP contribution in [0.15, 0.2) is 24.3 Å². The quantitative estimate of drug-likeness (QED) is 0.809. The maximum absolute atomic E-state index is 10.8. The lowest BCUT2D eigenvalue weighted by molar-refractivity contribution is -0.152. The maximum atomic E-state index is 10.8. The van der Waals surface area contributed by atoms with Crippen molar-refractivity contribution >= 4 is 28.6 Å². The first-order valence-electron chi connectivity index (χ1n) is 4.87. The zero-order valence-corrected chi connectivity index (χ0v) is 11.0. The minimum Gasteiger partial charge on any atom is -0.489 e. The molecule has 0 aliphatic heterocycles. The van der Waals surface area contributed by atoms with Crippen molar-refractivity contribution in [3.8, 4) is 5.75 Å². The van der Waals surface area contributed by atoms with E-state index in [9.17, 15) is 4.79 Å². The summed E-state index contributed by atoms with van der Waals surface area (Å²) in [6.45, 7) is 2.12. The van der Waals surface area contributed by atoms with E-state index in [2.05, 4.69) is 22.6 Å². The Morgan fingerprint density at radius 3 is 2.75 bits per heavy atom. The molecule has 0 bridgehead atoms. The summed E-state index contributed by atoms with van der Waals surface area (Å²) >= 11 is 2.13. The molecule has 0 fully saturated rings. The fourth-order valence-electron chi connectivity index (χ4n) is 1.12. The Kier molecular flexibility index (Phi) is 5.54. The Hall–Kier alpha value is -0.820. The minimum atomic E-state index is -1.01. The van der Waals surface area contributed by atoms with Gasteiger partial charge in [-0.15, -0.1) is 0 Å². The van der Waals surface area contributed by atoms with Gasteiger partial charge >= 0.3 is 5.97 Å². The summed E-state index contributed by atoms with van der Waals surface area (Å²) in [6.07, 6.45) is -0.916. The molecule has 4 nitrogen and oxygen atoms in total. The van der Waals surface area contributed by atoms with E-state index < -0.39 is 12.1 Å². The van der Waals surface area contributed by atoms with Gasteiger partial charge in [-0.1, -0.05) is 12.1 Å². The molecule has 1 aromatic carbocycles. The first-order chi connectivity index (χ1) is 7.65. The van der Waals surface area contributed by atoms with Crippen molar-refractivity contribution in [1.29, 1.82) is 0 Å². The summed E-state index contributed by atoms with van der Waals surface area (Å²) in [6, 6.07) is 7.43. The van der Waals surface area contributed by atoms with Gasteiger partial charge in [-0.05, 0) is 41.6 Å². The second-order valence-electron chi connectivity index (χ2n) is 3.02. The predicted octanol–water partition coefficient (Wildman–Crippen LogP) is 2.16. The summed E-state index contributed by atoms with van der Waals surface area (Å²) in [5, 5.41) is 8.84. The van der Waals surface area contributed by atoms with E-state index in [-0.39, 0.29) is 6.61 Å². The molecule has 0 saturated heterocycles. The molecule has 0 aliphatic carbocycles. The van der Waals surface area contributed by atoms with Crippen molar-refractivity contribution in [1.82, 2.24) is 0 Å². The molecule has 0 radical (unpaired) electrons. The van der Waals surface area contributed by atoms with Crippen LogP contribution < -0.4 is 4.74 Å². The highest BCUT2D eigenvalue weighted by atomic mass is 127. The molecule has 1 rings (SSSR count). The fraction of sp³-hybridized carbons (Fsp3) is 0.364. The van der Waals surface area contributed by atoms with Crippen LogP contribution in [0.5, 0.6) is 5.75 Å². The lowest BCUT2D eigenvalue weighted by atomic mass is 10.3. The van der Waals surface area contributed by atoms with Crippen LogP contribution in [0.2, 0.25) is 0 Å². The van der Waals surface area contributed by atoms with Crippen LogP contribution in [0.3, 0.4) is 0 Å². The van der Waals surface area contributed by atoms with Gasteiger partial charge in [-0.2, -0.15) is 0 Å². The lowest BCUT2D eigenvalue weighted by Gasteiger charge is -2.14. The Balaban J connectivity index is 2.55. The highest BCUT2D eigenvalue weighted by Crippen LogP contribution is 2.19. The third-order valence-corrected chi connectivity index (χ3v) is 2.76. The van der Waals surface area contributed by atoms with Crippen LogP contribution in [-0.4, -0.2) is 30.4 Å². The van der Waals surface area contributed by atoms with Gasteiger partial charge in [-0.3, -0.25) is 0 Å². The van der Waals surface area contributed by atoms with Crippen molar-refractivity contribution < 1.29 is 19.4 Å². The Labute approximate surface area is 108 Å². The molecular formula is C11H13IO4. The summed E-state index contributed by atoms with van der Waals surface area (Å²) in [5.41, 5.74) is 0. The molecule has 1 N–H and O–H groups in total. The van der Waals surface area contributed by atoms with E-state index in [1.807, 2.05) is 18.2 Å². The average molecular weight is 336 g/mol. The predicted molar refractivity (Wildman–Crippen MR) is 67.7 cm³/mol. The van der Waals surface area contributed by atoms with E-state index >= 15 is 0 Å². The topological polar surface area (TPSA) is 55.8 Å². The van der Waals surface area contributed by atoms with Crippen molar-refractivity contribution in [3.05, 3.63) is 27.8 Å². The molecule has 0 amide bonds. The number of rotatable bonds is 6. The average Bonchev–Trinajstić information content (AvgIpc) is 2.26. The van der Waals surface area contributed by atoms with Gasteiger partial charge in [-0.25, -0.2) is 4.79 Å². The van der Waals surface area contributed by atoms with Crippen LogP contribution in [0, 0.1) is 3.57 Å². The summed E-state index contributed by atoms with van der Waals surface area (Å²) in [4.78, 5) is 10.8. The number of benzene rings is 1. The number of para-hydroxylation sites is 1. The smallest absolute Gasteiger partial charge is 0.336 e. The van der Waals surface area contributed by atoms with E-state index in [0.29, 0.717) is 12.4 Å². The van der Waals surface area contributed by atoms with Crippen molar-refractivity contribution in [2.24, 2.45) is 0 Å². The summed E-state index contributed by atoms with van der Waals surface area (Å²) < 4.78 is 11.4. The molecule has 0 aliphatic rings. The van der Waals surface area contributed by atoms with Gasteiger partial charge in [0.25, 0.3) is 0 Å². The number of hydrogen-bond donors (Lipinski definition) is 1. The van der Waals surface area contributed by atoms with Crippen LogP contribution in [0.1, 0.15) is 6.92 Å². The van der Waals surface area contributed by atoms with E-state index in [1.165, 1.54) is 0 Å². The molecule has 5 heteroatoms. The standard InChI is InChI=1S/C11H13IO4/c1-2-15-10(11(13)14)7-16-9-6-4-3-5-8(9)12/h3-6,10H,2,7H2,1H3,(H,13,14).